The van der Waals surface area contributed by atoms with Gasteiger partial charge in [-0.25, -0.2) is 4.79 Å². The lowest BCUT2D eigenvalue weighted by molar-refractivity contribution is -0.122. The molecule has 0 fully saturated rings. The van der Waals surface area contributed by atoms with E-state index in [-0.39, 0.29) is 11.5 Å². The van der Waals surface area contributed by atoms with Crippen molar-refractivity contribution in [3.63, 3.8) is 0 Å². The van der Waals surface area contributed by atoms with E-state index in [0.29, 0.717) is 24.9 Å². The summed E-state index contributed by atoms with van der Waals surface area (Å²) < 4.78 is 0. The minimum Gasteiger partial charge on any atom is -0.478 e. The molecule has 1 atom stereocenters. The molecule has 5 nitrogen and oxygen atoms in total. The lowest BCUT2D eigenvalue weighted by Crippen LogP contribution is -2.41. The third-order valence-electron chi connectivity index (χ3n) is 2.88. The predicted octanol–water partition coefficient (Wildman–Crippen LogP) is 1.17. The lowest BCUT2D eigenvalue weighted by atomic mass is 10.0. The maximum Gasteiger partial charge on any atom is 0.335 e. The van der Waals surface area contributed by atoms with Crippen LogP contribution in [0.15, 0.2) is 24.3 Å². The molecule has 1 aromatic rings. The second kappa shape index (κ2) is 7.53. The molecule has 1 amide bonds. The molecule has 19 heavy (non-hydrogen) atoms. The summed E-state index contributed by atoms with van der Waals surface area (Å²) >= 11 is 0. The SMILES string of the molecule is CCC[C@@H](N)C(=O)NCCc1ccccc1C(=O)O. The Hall–Kier alpha value is -1.88. The van der Waals surface area contributed by atoms with Crippen LogP contribution in [0.3, 0.4) is 0 Å². The molecular weight excluding hydrogens is 244 g/mol. The first-order valence-electron chi connectivity index (χ1n) is 6.40. The van der Waals surface area contributed by atoms with E-state index in [1.807, 2.05) is 6.92 Å². The second-order valence-electron chi connectivity index (χ2n) is 4.40. The summed E-state index contributed by atoms with van der Waals surface area (Å²) in [5.41, 5.74) is 6.66. The highest BCUT2D eigenvalue weighted by Gasteiger charge is 2.12. The number of rotatable bonds is 7. The highest BCUT2D eigenvalue weighted by atomic mass is 16.4. The maximum atomic E-state index is 11.6. The third kappa shape index (κ3) is 4.71. The number of nitrogens with two attached hydrogens (primary N) is 1. The van der Waals surface area contributed by atoms with E-state index in [4.69, 9.17) is 10.8 Å². The molecule has 4 N–H and O–H groups in total. The first-order valence-corrected chi connectivity index (χ1v) is 6.40. The number of carbonyl (C=O) groups is 2. The Balaban J connectivity index is 2.50. The van der Waals surface area contributed by atoms with Crippen molar-refractivity contribution < 1.29 is 14.7 Å². The number of amides is 1. The number of carboxylic acids is 1. The van der Waals surface area contributed by atoms with Gasteiger partial charge in [0, 0.05) is 6.54 Å². The van der Waals surface area contributed by atoms with Gasteiger partial charge < -0.3 is 16.2 Å². The second-order valence-corrected chi connectivity index (χ2v) is 4.40. The van der Waals surface area contributed by atoms with Gasteiger partial charge >= 0.3 is 5.97 Å². The fourth-order valence-electron chi connectivity index (χ4n) is 1.84. The van der Waals surface area contributed by atoms with Gasteiger partial charge in [-0.3, -0.25) is 4.79 Å². The topological polar surface area (TPSA) is 92.4 Å². The highest BCUT2D eigenvalue weighted by molar-refractivity contribution is 5.89. The van der Waals surface area contributed by atoms with Gasteiger partial charge in [0.1, 0.15) is 0 Å². The minimum absolute atomic E-state index is 0.186. The molecule has 0 aromatic heterocycles. The average molecular weight is 264 g/mol. The van der Waals surface area contributed by atoms with Gasteiger partial charge in [0.2, 0.25) is 5.91 Å². The summed E-state index contributed by atoms with van der Waals surface area (Å²) in [7, 11) is 0. The van der Waals surface area contributed by atoms with E-state index in [1.165, 1.54) is 0 Å². The molecule has 0 heterocycles. The Morgan fingerprint density at radius 1 is 1.37 bits per heavy atom. The fourth-order valence-corrected chi connectivity index (χ4v) is 1.84. The molecule has 0 bridgehead atoms. The molecule has 1 rings (SSSR count). The molecule has 0 saturated carbocycles. The van der Waals surface area contributed by atoms with Gasteiger partial charge in [-0.05, 0) is 24.5 Å². The Kier molecular flexibility index (Phi) is 6.02. The van der Waals surface area contributed by atoms with Crippen molar-refractivity contribution in [2.24, 2.45) is 5.73 Å². The van der Waals surface area contributed by atoms with Gasteiger partial charge in [-0.1, -0.05) is 31.5 Å². The fraction of sp³-hybridized carbons (Fsp3) is 0.429. The maximum absolute atomic E-state index is 11.6. The molecule has 1 aromatic carbocycles. The number of hydrogen-bond donors (Lipinski definition) is 3. The molecule has 0 radical (unpaired) electrons. The molecule has 0 aliphatic heterocycles. The standard InChI is InChI=1S/C14H20N2O3/c1-2-5-12(15)13(17)16-9-8-10-6-3-4-7-11(10)14(18)19/h3-4,6-7,12H,2,5,8-9,15H2,1H3,(H,16,17)(H,18,19)/t12-/m1/s1. The van der Waals surface area contributed by atoms with Crippen LogP contribution in [0.2, 0.25) is 0 Å². The number of aromatic carboxylic acids is 1. The van der Waals surface area contributed by atoms with E-state index >= 15 is 0 Å². The Morgan fingerprint density at radius 2 is 2.05 bits per heavy atom. The van der Waals surface area contributed by atoms with Crippen molar-refractivity contribution in [2.75, 3.05) is 6.54 Å². The predicted molar refractivity (Wildman–Crippen MR) is 73.0 cm³/mol. The monoisotopic (exact) mass is 264 g/mol. The normalized spacial score (nSPS) is 11.9. The first-order chi connectivity index (χ1) is 9.06. The number of nitrogens with one attached hydrogen (secondary N) is 1. The summed E-state index contributed by atoms with van der Waals surface area (Å²) in [6, 6.07) is 6.29. The molecule has 0 aliphatic carbocycles. The zero-order chi connectivity index (χ0) is 14.3. The van der Waals surface area contributed by atoms with Crippen molar-refractivity contribution in [1.82, 2.24) is 5.32 Å². The highest BCUT2D eigenvalue weighted by Crippen LogP contribution is 2.09. The van der Waals surface area contributed by atoms with E-state index in [9.17, 15) is 9.59 Å². The molecule has 5 heteroatoms. The number of carboxylic acid groups (broad SMARTS) is 1. The molecule has 0 spiro atoms. The summed E-state index contributed by atoms with van der Waals surface area (Å²) in [6.07, 6.45) is 1.99. The van der Waals surface area contributed by atoms with Crippen LogP contribution in [-0.2, 0) is 11.2 Å². The van der Waals surface area contributed by atoms with Gasteiger partial charge in [0.25, 0.3) is 0 Å². The van der Waals surface area contributed by atoms with Crippen molar-refractivity contribution >= 4 is 11.9 Å². The quantitative estimate of drug-likeness (QED) is 0.689. The number of carbonyl (C=O) groups excluding carboxylic acids is 1. The average Bonchev–Trinajstić information content (AvgIpc) is 2.39. The Bertz CT molecular complexity index is 446. The van der Waals surface area contributed by atoms with Crippen molar-refractivity contribution in [3.05, 3.63) is 35.4 Å². The molecule has 104 valence electrons. The largest absolute Gasteiger partial charge is 0.478 e. The number of hydrogen-bond acceptors (Lipinski definition) is 3. The Morgan fingerprint density at radius 3 is 2.68 bits per heavy atom. The smallest absolute Gasteiger partial charge is 0.335 e. The van der Waals surface area contributed by atoms with Gasteiger partial charge in [0.15, 0.2) is 0 Å². The summed E-state index contributed by atoms with van der Waals surface area (Å²) in [6.45, 7) is 2.36. The number of benzene rings is 1. The Labute approximate surface area is 112 Å². The summed E-state index contributed by atoms with van der Waals surface area (Å²) in [4.78, 5) is 22.6. The van der Waals surface area contributed by atoms with Crippen molar-refractivity contribution in [1.29, 1.82) is 0 Å². The van der Waals surface area contributed by atoms with Crippen molar-refractivity contribution in [3.8, 4) is 0 Å². The van der Waals surface area contributed by atoms with Crippen LogP contribution >= 0.6 is 0 Å². The van der Waals surface area contributed by atoms with Crippen LogP contribution in [-0.4, -0.2) is 29.6 Å². The van der Waals surface area contributed by atoms with E-state index in [0.717, 1.165) is 6.42 Å². The molecular formula is C14H20N2O3. The summed E-state index contributed by atoms with van der Waals surface area (Å²) in [5, 5.41) is 11.8. The van der Waals surface area contributed by atoms with Crippen LogP contribution in [0.1, 0.15) is 35.7 Å². The third-order valence-corrected chi connectivity index (χ3v) is 2.88. The zero-order valence-electron chi connectivity index (χ0n) is 11.1. The van der Waals surface area contributed by atoms with Gasteiger partial charge in [0.05, 0.1) is 11.6 Å². The van der Waals surface area contributed by atoms with Crippen LogP contribution < -0.4 is 11.1 Å². The zero-order valence-corrected chi connectivity index (χ0v) is 11.1. The molecule has 0 aliphatic rings. The lowest BCUT2D eigenvalue weighted by Gasteiger charge is -2.11. The van der Waals surface area contributed by atoms with Crippen LogP contribution in [0.5, 0.6) is 0 Å². The van der Waals surface area contributed by atoms with E-state index < -0.39 is 12.0 Å². The first kappa shape index (κ1) is 15.2. The minimum atomic E-state index is -0.954. The van der Waals surface area contributed by atoms with Crippen LogP contribution in [0, 0.1) is 0 Å². The van der Waals surface area contributed by atoms with Crippen LogP contribution in [0.25, 0.3) is 0 Å². The van der Waals surface area contributed by atoms with Crippen molar-refractivity contribution in [2.45, 2.75) is 32.2 Å². The molecule has 0 saturated heterocycles. The van der Waals surface area contributed by atoms with Gasteiger partial charge in [-0.2, -0.15) is 0 Å². The van der Waals surface area contributed by atoms with E-state index in [1.54, 1.807) is 24.3 Å². The molecule has 0 unspecified atom stereocenters. The van der Waals surface area contributed by atoms with E-state index in [2.05, 4.69) is 5.32 Å². The van der Waals surface area contributed by atoms with Crippen LogP contribution in [0.4, 0.5) is 0 Å². The van der Waals surface area contributed by atoms with Gasteiger partial charge in [-0.15, -0.1) is 0 Å². The summed E-state index contributed by atoms with van der Waals surface area (Å²) in [5.74, 6) is -1.14.